The van der Waals surface area contributed by atoms with Gasteiger partial charge in [0.05, 0.1) is 6.61 Å². The molecule has 114 valence electrons. The molecule has 5 nitrogen and oxygen atoms in total. The molecule has 0 bridgehead atoms. The van der Waals surface area contributed by atoms with Crippen LogP contribution in [0.3, 0.4) is 0 Å². The largest absolute Gasteiger partial charge is 0.494 e. The first-order chi connectivity index (χ1) is 9.99. The first-order valence-electron chi connectivity index (χ1n) is 6.92. The smallest absolute Gasteiger partial charge is 0.319 e. The average Bonchev–Trinajstić information content (AvgIpc) is 3.23. The van der Waals surface area contributed by atoms with E-state index in [0.717, 1.165) is 11.3 Å². The summed E-state index contributed by atoms with van der Waals surface area (Å²) >= 11 is 5.96. The molecule has 0 heterocycles. The number of nitrogens with one attached hydrogen (secondary N) is 1. The fourth-order valence-electron chi connectivity index (χ4n) is 2.18. The van der Waals surface area contributed by atoms with Gasteiger partial charge in [0, 0.05) is 11.6 Å². The number of halogens is 1. The van der Waals surface area contributed by atoms with Gasteiger partial charge in [-0.15, -0.1) is 0 Å². The zero-order chi connectivity index (χ0) is 15.5. The summed E-state index contributed by atoms with van der Waals surface area (Å²) in [5.41, 5.74) is -0.304. The molecule has 6 heteroatoms. The number of amides is 1. The summed E-state index contributed by atoms with van der Waals surface area (Å²) in [4.78, 5) is 22.9. The molecular formula is C15H18ClNO4. The van der Waals surface area contributed by atoms with E-state index in [2.05, 4.69) is 5.32 Å². The normalized spacial score (nSPS) is 15.3. The van der Waals surface area contributed by atoms with Gasteiger partial charge in [-0.3, -0.25) is 9.59 Å². The molecule has 0 atom stereocenters. The Labute approximate surface area is 128 Å². The van der Waals surface area contributed by atoms with Crippen molar-refractivity contribution in [3.8, 4) is 5.75 Å². The Hall–Kier alpha value is -1.75. The molecule has 0 aliphatic heterocycles. The summed E-state index contributed by atoms with van der Waals surface area (Å²) in [6, 6.07) is 5.34. The SMILES string of the molecule is CCOc1ccc(Cl)cc1CCNC(=O)C1(C(=O)O)CC1. The van der Waals surface area contributed by atoms with Crippen LogP contribution in [0.2, 0.25) is 5.02 Å². The van der Waals surface area contributed by atoms with Gasteiger partial charge in [0.2, 0.25) is 5.91 Å². The van der Waals surface area contributed by atoms with E-state index in [1.165, 1.54) is 0 Å². The second-order valence-electron chi connectivity index (χ2n) is 5.08. The van der Waals surface area contributed by atoms with Crippen molar-refractivity contribution in [2.45, 2.75) is 26.2 Å². The van der Waals surface area contributed by atoms with Gasteiger partial charge in [-0.25, -0.2) is 0 Å². The van der Waals surface area contributed by atoms with E-state index in [9.17, 15) is 9.59 Å². The fraction of sp³-hybridized carbons (Fsp3) is 0.467. The van der Waals surface area contributed by atoms with Crippen LogP contribution in [0.4, 0.5) is 0 Å². The summed E-state index contributed by atoms with van der Waals surface area (Å²) in [5, 5.41) is 12.3. The maximum absolute atomic E-state index is 11.9. The van der Waals surface area contributed by atoms with Crippen LogP contribution in [0.5, 0.6) is 5.75 Å². The quantitative estimate of drug-likeness (QED) is 0.757. The van der Waals surface area contributed by atoms with E-state index < -0.39 is 17.3 Å². The lowest BCUT2D eigenvalue weighted by Gasteiger charge is -2.13. The highest BCUT2D eigenvalue weighted by atomic mass is 35.5. The minimum atomic E-state index is -1.20. The number of hydrogen-bond acceptors (Lipinski definition) is 3. The van der Waals surface area contributed by atoms with Crippen LogP contribution in [0, 0.1) is 5.41 Å². The number of hydrogen-bond donors (Lipinski definition) is 2. The molecule has 0 aromatic heterocycles. The Kier molecular flexibility index (Phi) is 4.73. The number of aliphatic carboxylic acids is 1. The molecule has 1 aromatic rings. The number of carbonyl (C=O) groups is 2. The highest BCUT2D eigenvalue weighted by molar-refractivity contribution is 6.30. The van der Waals surface area contributed by atoms with Crippen molar-refractivity contribution in [2.24, 2.45) is 5.41 Å². The van der Waals surface area contributed by atoms with Gasteiger partial charge < -0.3 is 15.2 Å². The standard InChI is InChI=1S/C15H18ClNO4/c1-2-21-12-4-3-11(16)9-10(12)5-8-17-13(18)15(6-7-15)14(19)20/h3-4,9H,2,5-8H2,1H3,(H,17,18)(H,19,20). The van der Waals surface area contributed by atoms with E-state index in [-0.39, 0.29) is 0 Å². The Morgan fingerprint density at radius 3 is 2.71 bits per heavy atom. The van der Waals surface area contributed by atoms with Crippen molar-refractivity contribution in [1.29, 1.82) is 0 Å². The fourth-order valence-corrected chi connectivity index (χ4v) is 2.38. The lowest BCUT2D eigenvalue weighted by molar-refractivity contribution is -0.149. The molecule has 1 aromatic carbocycles. The highest BCUT2D eigenvalue weighted by Crippen LogP contribution is 2.46. The number of carboxylic acid groups (broad SMARTS) is 1. The summed E-state index contributed by atoms with van der Waals surface area (Å²) in [7, 11) is 0. The van der Waals surface area contributed by atoms with E-state index in [0.29, 0.717) is 37.4 Å². The molecule has 0 unspecified atom stereocenters. The molecule has 1 saturated carbocycles. The van der Waals surface area contributed by atoms with Crippen molar-refractivity contribution in [2.75, 3.05) is 13.2 Å². The van der Waals surface area contributed by atoms with Crippen molar-refractivity contribution in [3.05, 3.63) is 28.8 Å². The maximum atomic E-state index is 11.9. The number of carbonyl (C=O) groups excluding carboxylic acids is 1. The van der Waals surface area contributed by atoms with Gasteiger partial charge in [0.25, 0.3) is 0 Å². The Bertz CT molecular complexity index is 555. The van der Waals surface area contributed by atoms with Crippen molar-refractivity contribution < 1.29 is 19.4 Å². The van der Waals surface area contributed by atoms with Crippen molar-refractivity contribution in [1.82, 2.24) is 5.32 Å². The summed E-state index contributed by atoms with van der Waals surface area (Å²) in [6.45, 7) is 2.79. The first kappa shape index (κ1) is 15.6. The Balaban J connectivity index is 1.93. The van der Waals surface area contributed by atoms with E-state index in [4.69, 9.17) is 21.4 Å². The molecule has 1 fully saturated rings. The van der Waals surface area contributed by atoms with Crippen LogP contribution in [-0.4, -0.2) is 30.1 Å². The third-order valence-electron chi connectivity index (χ3n) is 3.60. The molecule has 21 heavy (non-hydrogen) atoms. The van der Waals surface area contributed by atoms with Gasteiger partial charge in [0.1, 0.15) is 11.2 Å². The number of carboxylic acids is 1. The number of ether oxygens (including phenoxy) is 1. The topological polar surface area (TPSA) is 75.6 Å². The molecular weight excluding hydrogens is 294 g/mol. The van der Waals surface area contributed by atoms with Crippen LogP contribution in [0.15, 0.2) is 18.2 Å². The minimum Gasteiger partial charge on any atom is -0.494 e. The van der Waals surface area contributed by atoms with Crippen molar-refractivity contribution >= 4 is 23.5 Å². The minimum absolute atomic E-state index is 0.355. The predicted octanol–water partition coefficient (Wildman–Crippen LogP) is 2.26. The van der Waals surface area contributed by atoms with Crippen LogP contribution in [0.1, 0.15) is 25.3 Å². The third-order valence-corrected chi connectivity index (χ3v) is 3.83. The Morgan fingerprint density at radius 1 is 1.43 bits per heavy atom. The van der Waals surface area contributed by atoms with Crippen LogP contribution in [0.25, 0.3) is 0 Å². The molecule has 1 aliphatic rings. The molecule has 0 saturated heterocycles. The molecule has 1 aliphatic carbocycles. The molecule has 2 N–H and O–H groups in total. The zero-order valence-electron chi connectivity index (χ0n) is 11.8. The maximum Gasteiger partial charge on any atom is 0.319 e. The van der Waals surface area contributed by atoms with Crippen molar-refractivity contribution in [3.63, 3.8) is 0 Å². The average molecular weight is 312 g/mol. The molecule has 0 radical (unpaired) electrons. The predicted molar refractivity (Wildman–Crippen MR) is 78.6 cm³/mol. The van der Waals surface area contributed by atoms with Gasteiger partial charge >= 0.3 is 5.97 Å². The summed E-state index contributed by atoms with van der Waals surface area (Å²) in [6.07, 6.45) is 1.36. The van der Waals surface area contributed by atoms with E-state index in [1.807, 2.05) is 6.92 Å². The lowest BCUT2D eigenvalue weighted by Crippen LogP contribution is -2.37. The summed E-state index contributed by atoms with van der Waals surface area (Å²) in [5.74, 6) is -0.719. The Morgan fingerprint density at radius 2 is 2.14 bits per heavy atom. The van der Waals surface area contributed by atoms with Crippen LogP contribution in [-0.2, 0) is 16.0 Å². The monoisotopic (exact) mass is 311 g/mol. The van der Waals surface area contributed by atoms with Gasteiger partial charge in [-0.05, 0) is 49.9 Å². The lowest BCUT2D eigenvalue weighted by atomic mass is 10.1. The van der Waals surface area contributed by atoms with Crippen LogP contribution < -0.4 is 10.1 Å². The number of rotatable bonds is 7. The molecule has 1 amide bonds. The second kappa shape index (κ2) is 6.35. The van der Waals surface area contributed by atoms with Gasteiger partial charge in [0.15, 0.2) is 0 Å². The van der Waals surface area contributed by atoms with E-state index >= 15 is 0 Å². The third kappa shape index (κ3) is 3.47. The first-order valence-corrected chi connectivity index (χ1v) is 7.30. The zero-order valence-corrected chi connectivity index (χ0v) is 12.6. The van der Waals surface area contributed by atoms with Gasteiger partial charge in [-0.1, -0.05) is 11.6 Å². The summed E-state index contributed by atoms with van der Waals surface area (Å²) < 4.78 is 5.50. The van der Waals surface area contributed by atoms with Crippen LogP contribution >= 0.6 is 11.6 Å². The van der Waals surface area contributed by atoms with E-state index in [1.54, 1.807) is 18.2 Å². The molecule has 0 spiro atoms. The van der Waals surface area contributed by atoms with Gasteiger partial charge in [-0.2, -0.15) is 0 Å². The highest BCUT2D eigenvalue weighted by Gasteiger charge is 2.56. The number of benzene rings is 1. The molecule has 2 rings (SSSR count). The second-order valence-corrected chi connectivity index (χ2v) is 5.51.